The van der Waals surface area contributed by atoms with Gasteiger partial charge in [0.25, 0.3) is 5.88 Å². The Labute approximate surface area is 110 Å². The van der Waals surface area contributed by atoms with E-state index in [4.69, 9.17) is 4.84 Å². The molecule has 1 aromatic heterocycles. The van der Waals surface area contributed by atoms with E-state index in [2.05, 4.69) is 22.0 Å². The number of hydrogen-bond acceptors (Lipinski definition) is 5. The van der Waals surface area contributed by atoms with Gasteiger partial charge in [-0.3, -0.25) is 0 Å². The van der Waals surface area contributed by atoms with Gasteiger partial charge in [0, 0.05) is 0 Å². The first-order valence-corrected chi connectivity index (χ1v) is 6.84. The normalized spacial score (nSPS) is 11.8. The van der Waals surface area contributed by atoms with Crippen molar-refractivity contribution in [3.63, 3.8) is 0 Å². The van der Waals surface area contributed by atoms with E-state index in [1.54, 1.807) is 11.8 Å². The molecule has 2 aromatic rings. The summed E-state index contributed by atoms with van der Waals surface area (Å²) in [5.41, 5.74) is 0.858. The average Bonchev–Trinajstić information content (AvgIpc) is 2.42. The number of aromatic nitrogens is 2. The zero-order chi connectivity index (χ0) is 12.8. The molecule has 4 nitrogen and oxygen atoms in total. The Hall–Kier alpha value is -1.62. The zero-order valence-electron chi connectivity index (χ0n) is 10.5. The SMILES string of the molecule is CCCSC(C)=NOc1ncnc2ccccc12. The summed E-state index contributed by atoms with van der Waals surface area (Å²) >= 11 is 1.68. The summed E-state index contributed by atoms with van der Waals surface area (Å²) in [5.74, 6) is 1.54. The lowest BCUT2D eigenvalue weighted by Crippen LogP contribution is -1.95. The molecule has 0 fully saturated rings. The Morgan fingerprint density at radius 3 is 3.00 bits per heavy atom. The van der Waals surface area contributed by atoms with Gasteiger partial charge in [0.15, 0.2) is 0 Å². The second kappa shape index (κ2) is 6.35. The fourth-order valence-electron chi connectivity index (χ4n) is 1.44. The van der Waals surface area contributed by atoms with Crippen LogP contribution in [0, 0.1) is 0 Å². The van der Waals surface area contributed by atoms with E-state index in [0.29, 0.717) is 5.88 Å². The van der Waals surface area contributed by atoms with Crippen molar-refractivity contribution in [2.24, 2.45) is 5.16 Å². The lowest BCUT2D eigenvalue weighted by molar-refractivity contribution is 0.333. The molecule has 0 aliphatic heterocycles. The molecule has 0 radical (unpaired) electrons. The highest BCUT2D eigenvalue weighted by Gasteiger charge is 2.04. The van der Waals surface area contributed by atoms with Crippen molar-refractivity contribution in [2.75, 3.05) is 5.75 Å². The summed E-state index contributed by atoms with van der Waals surface area (Å²) in [5, 5.41) is 5.85. The molecular weight excluding hydrogens is 246 g/mol. The van der Waals surface area contributed by atoms with Gasteiger partial charge in [-0.05, 0) is 31.2 Å². The number of rotatable bonds is 4. The van der Waals surface area contributed by atoms with Crippen LogP contribution in [-0.2, 0) is 0 Å². The van der Waals surface area contributed by atoms with Gasteiger partial charge < -0.3 is 4.84 Å². The molecule has 0 N–H and O–H groups in total. The molecule has 0 saturated carbocycles. The molecular formula is C13H15N3OS. The van der Waals surface area contributed by atoms with Crippen molar-refractivity contribution in [1.29, 1.82) is 0 Å². The van der Waals surface area contributed by atoms with Crippen molar-refractivity contribution >= 4 is 27.7 Å². The Morgan fingerprint density at radius 2 is 2.17 bits per heavy atom. The summed E-state index contributed by atoms with van der Waals surface area (Å²) in [4.78, 5) is 13.7. The zero-order valence-corrected chi connectivity index (χ0v) is 11.3. The lowest BCUT2D eigenvalue weighted by Gasteiger charge is -2.03. The predicted molar refractivity (Wildman–Crippen MR) is 76.0 cm³/mol. The molecule has 2 rings (SSSR count). The van der Waals surface area contributed by atoms with Crippen molar-refractivity contribution in [1.82, 2.24) is 9.97 Å². The highest BCUT2D eigenvalue weighted by Crippen LogP contribution is 2.21. The van der Waals surface area contributed by atoms with Crippen LogP contribution in [-0.4, -0.2) is 20.8 Å². The van der Waals surface area contributed by atoms with E-state index >= 15 is 0 Å². The fourth-order valence-corrected chi connectivity index (χ4v) is 2.03. The van der Waals surface area contributed by atoms with Crippen molar-refractivity contribution < 1.29 is 4.84 Å². The first-order chi connectivity index (χ1) is 8.81. The molecule has 0 amide bonds. The lowest BCUT2D eigenvalue weighted by atomic mass is 10.2. The number of nitrogens with zero attached hydrogens (tertiary/aromatic N) is 3. The summed E-state index contributed by atoms with van der Waals surface area (Å²) < 4.78 is 0. The molecule has 0 atom stereocenters. The van der Waals surface area contributed by atoms with Gasteiger partial charge in [-0.2, -0.15) is 4.98 Å². The third kappa shape index (κ3) is 3.20. The van der Waals surface area contributed by atoms with Crippen LogP contribution < -0.4 is 4.84 Å². The molecule has 18 heavy (non-hydrogen) atoms. The number of thioether (sulfide) groups is 1. The largest absolute Gasteiger partial charge is 0.335 e. The van der Waals surface area contributed by atoms with Crippen LogP contribution in [0.25, 0.3) is 10.9 Å². The van der Waals surface area contributed by atoms with Crippen LogP contribution in [0.3, 0.4) is 0 Å². The summed E-state index contributed by atoms with van der Waals surface area (Å²) in [7, 11) is 0. The molecule has 0 bridgehead atoms. The van der Waals surface area contributed by atoms with E-state index < -0.39 is 0 Å². The molecule has 0 aliphatic rings. The highest BCUT2D eigenvalue weighted by molar-refractivity contribution is 8.13. The quantitative estimate of drug-likeness (QED) is 0.480. The molecule has 0 unspecified atom stereocenters. The summed E-state index contributed by atoms with van der Waals surface area (Å²) in [6, 6.07) is 7.71. The van der Waals surface area contributed by atoms with E-state index in [1.165, 1.54) is 6.33 Å². The molecule has 1 aromatic carbocycles. The van der Waals surface area contributed by atoms with Gasteiger partial charge in [-0.15, -0.1) is 11.8 Å². The van der Waals surface area contributed by atoms with Crippen LogP contribution >= 0.6 is 11.8 Å². The molecule has 0 spiro atoms. The van der Waals surface area contributed by atoms with E-state index in [0.717, 1.165) is 28.1 Å². The Kier molecular flexibility index (Phi) is 4.52. The minimum absolute atomic E-state index is 0.497. The van der Waals surface area contributed by atoms with E-state index in [-0.39, 0.29) is 0 Å². The first kappa shape index (κ1) is 12.8. The molecule has 0 saturated heterocycles. The van der Waals surface area contributed by atoms with Crippen LogP contribution in [0.15, 0.2) is 35.7 Å². The van der Waals surface area contributed by atoms with Crippen molar-refractivity contribution in [3.05, 3.63) is 30.6 Å². The number of fused-ring (bicyclic) bond motifs is 1. The Balaban J connectivity index is 2.17. The number of oxime groups is 1. The molecule has 0 aliphatic carbocycles. The molecule has 5 heteroatoms. The van der Waals surface area contributed by atoms with Crippen LogP contribution in [0.5, 0.6) is 5.88 Å². The van der Waals surface area contributed by atoms with Crippen LogP contribution in [0.1, 0.15) is 20.3 Å². The van der Waals surface area contributed by atoms with Crippen molar-refractivity contribution in [3.8, 4) is 5.88 Å². The minimum Gasteiger partial charge on any atom is -0.335 e. The number of hydrogen-bond donors (Lipinski definition) is 0. The van der Waals surface area contributed by atoms with Crippen LogP contribution in [0.4, 0.5) is 0 Å². The second-order valence-electron chi connectivity index (χ2n) is 3.75. The standard InChI is InChI=1S/C13H15N3OS/c1-3-8-18-10(2)16-17-13-11-6-4-5-7-12(11)14-9-15-13/h4-7,9H,3,8H2,1-2H3. The minimum atomic E-state index is 0.497. The van der Waals surface area contributed by atoms with Gasteiger partial charge in [-0.1, -0.05) is 24.2 Å². The number of para-hydroxylation sites is 1. The fraction of sp³-hybridized carbons (Fsp3) is 0.308. The average molecular weight is 261 g/mol. The van der Waals surface area contributed by atoms with Gasteiger partial charge in [0.1, 0.15) is 11.4 Å². The predicted octanol–water partition coefficient (Wildman–Crippen LogP) is 3.49. The Morgan fingerprint density at radius 1 is 1.33 bits per heavy atom. The van der Waals surface area contributed by atoms with Gasteiger partial charge >= 0.3 is 0 Å². The maximum atomic E-state index is 5.39. The summed E-state index contributed by atoms with van der Waals surface area (Å²) in [6.45, 7) is 4.07. The van der Waals surface area contributed by atoms with E-state index in [9.17, 15) is 0 Å². The monoisotopic (exact) mass is 261 g/mol. The molecule has 1 heterocycles. The van der Waals surface area contributed by atoms with Gasteiger partial charge in [0.2, 0.25) is 0 Å². The summed E-state index contributed by atoms with van der Waals surface area (Å²) in [6.07, 6.45) is 2.61. The van der Waals surface area contributed by atoms with E-state index in [1.807, 2.05) is 31.2 Å². The van der Waals surface area contributed by atoms with Gasteiger partial charge in [-0.25, -0.2) is 4.98 Å². The maximum Gasteiger partial charge on any atom is 0.259 e. The van der Waals surface area contributed by atoms with Crippen molar-refractivity contribution in [2.45, 2.75) is 20.3 Å². The Bertz CT molecular complexity index is 551. The third-order valence-electron chi connectivity index (χ3n) is 2.28. The third-order valence-corrected chi connectivity index (χ3v) is 3.39. The second-order valence-corrected chi connectivity index (χ2v) is 5.03. The van der Waals surface area contributed by atoms with Gasteiger partial charge in [0.05, 0.1) is 10.9 Å². The molecule has 94 valence electrons. The number of benzene rings is 1. The maximum absolute atomic E-state index is 5.39. The van der Waals surface area contributed by atoms with Crippen LogP contribution in [0.2, 0.25) is 0 Å². The first-order valence-electron chi connectivity index (χ1n) is 5.85. The topological polar surface area (TPSA) is 47.4 Å². The smallest absolute Gasteiger partial charge is 0.259 e. The highest BCUT2D eigenvalue weighted by atomic mass is 32.2.